The van der Waals surface area contributed by atoms with Crippen LogP contribution in [-0.4, -0.2) is 11.7 Å². The molecule has 5 rings (SSSR count). The van der Waals surface area contributed by atoms with Gasteiger partial charge in [-0.15, -0.1) is 11.3 Å². The lowest BCUT2D eigenvalue weighted by molar-refractivity contribution is -0.116. The normalized spacial score (nSPS) is 19.9. The van der Waals surface area contributed by atoms with Gasteiger partial charge in [0.05, 0.1) is 0 Å². The molecular formula is C27H21Cl2FN2O2S. The third-order valence-corrected chi connectivity index (χ3v) is 7.97. The molecule has 0 bridgehead atoms. The van der Waals surface area contributed by atoms with Crippen molar-refractivity contribution in [1.82, 2.24) is 5.32 Å². The largest absolute Gasteiger partial charge is 0.362 e. The number of dihydropyridines is 1. The number of hydrogen-bond acceptors (Lipinski definition) is 4. The van der Waals surface area contributed by atoms with Crippen LogP contribution in [0.25, 0.3) is 0 Å². The number of halogens is 3. The van der Waals surface area contributed by atoms with Gasteiger partial charge in [-0.2, -0.15) is 0 Å². The van der Waals surface area contributed by atoms with E-state index >= 15 is 0 Å². The van der Waals surface area contributed by atoms with Crippen molar-refractivity contribution in [2.75, 3.05) is 5.32 Å². The van der Waals surface area contributed by atoms with Crippen LogP contribution < -0.4 is 10.6 Å². The van der Waals surface area contributed by atoms with Crippen LogP contribution in [0.4, 0.5) is 10.1 Å². The zero-order valence-electron chi connectivity index (χ0n) is 18.7. The van der Waals surface area contributed by atoms with Crippen LogP contribution in [-0.2, 0) is 9.59 Å². The average molecular weight is 527 g/mol. The number of Topliss-reactive ketones (excluding diaryl/α,β-unsaturated/α-hetero) is 1. The highest BCUT2D eigenvalue weighted by Gasteiger charge is 2.41. The number of ketones is 1. The third kappa shape index (κ3) is 4.66. The zero-order valence-corrected chi connectivity index (χ0v) is 21.0. The van der Waals surface area contributed by atoms with Crippen molar-refractivity contribution in [3.63, 3.8) is 0 Å². The number of hydrogen-bond donors (Lipinski definition) is 2. The molecule has 1 amide bonds. The minimum Gasteiger partial charge on any atom is -0.362 e. The fraction of sp³-hybridized carbons (Fsp3) is 0.185. The Bertz CT molecular complexity index is 1400. The highest BCUT2D eigenvalue weighted by Crippen LogP contribution is 2.47. The number of thiophene rings is 1. The molecule has 35 heavy (non-hydrogen) atoms. The molecule has 0 saturated carbocycles. The predicted molar refractivity (Wildman–Crippen MR) is 138 cm³/mol. The summed E-state index contributed by atoms with van der Waals surface area (Å²) in [5.74, 6) is -1.53. The molecule has 2 heterocycles. The van der Waals surface area contributed by atoms with Gasteiger partial charge in [0.2, 0.25) is 0 Å². The van der Waals surface area contributed by atoms with Crippen molar-refractivity contribution < 1.29 is 14.0 Å². The van der Waals surface area contributed by atoms with Gasteiger partial charge in [0.1, 0.15) is 5.82 Å². The first kappa shape index (κ1) is 23.8. The monoisotopic (exact) mass is 526 g/mol. The van der Waals surface area contributed by atoms with E-state index < -0.39 is 17.6 Å². The summed E-state index contributed by atoms with van der Waals surface area (Å²) in [5.41, 5.74) is 3.27. The molecule has 2 N–H and O–H groups in total. The smallest absolute Gasteiger partial charge is 0.254 e. The van der Waals surface area contributed by atoms with Crippen molar-refractivity contribution in [2.45, 2.75) is 31.6 Å². The Hall–Kier alpha value is -2.93. The zero-order chi connectivity index (χ0) is 24.7. The fourth-order valence-corrected chi connectivity index (χ4v) is 6.22. The summed E-state index contributed by atoms with van der Waals surface area (Å²) in [6, 6.07) is 14.8. The number of nitrogens with one attached hydrogen (secondary N) is 2. The molecule has 1 aromatic heterocycles. The Balaban J connectivity index is 1.60. The molecular weight excluding hydrogens is 506 g/mol. The predicted octanol–water partition coefficient (Wildman–Crippen LogP) is 7.19. The fourth-order valence-electron chi connectivity index (χ4n) is 4.88. The Morgan fingerprint density at radius 2 is 1.94 bits per heavy atom. The Morgan fingerprint density at radius 3 is 2.66 bits per heavy atom. The Labute approximate surface area is 216 Å². The van der Waals surface area contributed by atoms with Crippen LogP contribution in [0.3, 0.4) is 0 Å². The van der Waals surface area contributed by atoms with Crippen LogP contribution in [0.2, 0.25) is 10.0 Å². The Morgan fingerprint density at radius 1 is 1.11 bits per heavy atom. The van der Waals surface area contributed by atoms with E-state index in [1.54, 1.807) is 42.5 Å². The maximum absolute atomic E-state index is 13.7. The van der Waals surface area contributed by atoms with Gasteiger partial charge in [-0.05, 0) is 60.7 Å². The molecule has 2 aromatic carbocycles. The minimum atomic E-state index is -0.679. The summed E-state index contributed by atoms with van der Waals surface area (Å²) in [5, 5.41) is 8.95. The number of anilines is 1. The third-order valence-electron chi connectivity index (χ3n) is 6.37. The second-order valence-corrected chi connectivity index (χ2v) is 10.5. The van der Waals surface area contributed by atoms with Crippen LogP contribution in [0.15, 0.2) is 82.5 Å². The molecule has 8 heteroatoms. The number of carbonyl (C=O) groups excluding carboxylic acids is 2. The number of allylic oxidation sites excluding steroid dienone is 3. The van der Waals surface area contributed by atoms with Gasteiger partial charge in [0.15, 0.2) is 5.78 Å². The molecule has 0 spiro atoms. The van der Waals surface area contributed by atoms with E-state index in [2.05, 4.69) is 10.6 Å². The lowest BCUT2D eigenvalue weighted by Crippen LogP contribution is -2.37. The van der Waals surface area contributed by atoms with E-state index in [0.717, 1.165) is 10.6 Å². The molecule has 0 fully saturated rings. The SMILES string of the molecule is CC1=C(C(=O)Nc2cccc(F)c2)[C@@H](c2ccc(Cl)cc2Cl)C2=C(C[C@H](c3cccs3)CC2=O)N1. The van der Waals surface area contributed by atoms with E-state index in [4.69, 9.17) is 23.2 Å². The van der Waals surface area contributed by atoms with Crippen LogP contribution in [0, 0.1) is 5.82 Å². The molecule has 1 aliphatic heterocycles. The molecule has 2 atom stereocenters. The van der Waals surface area contributed by atoms with Gasteiger partial charge in [-0.1, -0.05) is 41.4 Å². The number of benzene rings is 2. The van der Waals surface area contributed by atoms with E-state index in [0.29, 0.717) is 51.0 Å². The van der Waals surface area contributed by atoms with Gasteiger partial charge in [0.25, 0.3) is 5.91 Å². The number of amides is 1. The summed E-state index contributed by atoms with van der Waals surface area (Å²) >= 11 is 14.4. The van der Waals surface area contributed by atoms with Crippen molar-refractivity contribution >= 4 is 51.9 Å². The average Bonchev–Trinajstić information content (AvgIpc) is 3.33. The quantitative estimate of drug-likeness (QED) is 0.378. The second-order valence-electron chi connectivity index (χ2n) is 8.66. The summed E-state index contributed by atoms with van der Waals surface area (Å²) in [6.07, 6.45) is 1.00. The van der Waals surface area contributed by atoms with Gasteiger partial charge in [-0.3, -0.25) is 9.59 Å². The van der Waals surface area contributed by atoms with Crippen molar-refractivity contribution in [1.29, 1.82) is 0 Å². The molecule has 1 aliphatic carbocycles. The second kappa shape index (κ2) is 9.61. The van der Waals surface area contributed by atoms with Crippen molar-refractivity contribution in [2.24, 2.45) is 0 Å². The lowest BCUT2D eigenvalue weighted by atomic mass is 9.72. The topological polar surface area (TPSA) is 58.2 Å². The maximum atomic E-state index is 13.7. The van der Waals surface area contributed by atoms with Crippen LogP contribution in [0.1, 0.15) is 42.0 Å². The van der Waals surface area contributed by atoms with Gasteiger partial charge < -0.3 is 10.6 Å². The van der Waals surface area contributed by atoms with Gasteiger partial charge in [-0.25, -0.2) is 4.39 Å². The van der Waals surface area contributed by atoms with E-state index in [9.17, 15) is 14.0 Å². The summed E-state index contributed by atoms with van der Waals surface area (Å²) in [7, 11) is 0. The molecule has 3 aromatic rings. The molecule has 178 valence electrons. The molecule has 2 aliphatic rings. The summed E-state index contributed by atoms with van der Waals surface area (Å²) in [4.78, 5) is 28.3. The maximum Gasteiger partial charge on any atom is 0.254 e. The molecule has 0 saturated heterocycles. The number of rotatable bonds is 4. The molecule has 4 nitrogen and oxygen atoms in total. The van der Waals surface area contributed by atoms with E-state index in [1.165, 1.54) is 18.2 Å². The first-order valence-electron chi connectivity index (χ1n) is 11.1. The standard InChI is InChI=1S/C27H21Cl2FN2O2S/c1-14-24(27(34)32-18-5-2-4-17(30)13-18)25(19-8-7-16(28)12-20(19)29)26-21(31-14)10-15(11-22(26)33)23-6-3-9-35-23/h2-9,12-13,15,25,31H,10-11H2,1H3,(H,32,34)/t15-,25+/m0/s1. The van der Waals surface area contributed by atoms with Crippen LogP contribution >= 0.6 is 34.5 Å². The Kier molecular flexibility index (Phi) is 6.53. The first-order chi connectivity index (χ1) is 16.8. The van der Waals surface area contributed by atoms with Gasteiger partial charge in [0, 0.05) is 61.4 Å². The van der Waals surface area contributed by atoms with Crippen LogP contribution in [0.5, 0.6) is 0 Å². The van der Waals surface area contributed by atoms with Crippen molar-refractivity contribution in [3.8, 4) is 0 Å². The van der Waals surface area contributed by atoms with Gasteiger partial charge >= 0.3 is 0 Å². The minimum absolute atomic E-state index is 0.0308. The highest BCUT2D eigenvalue weighted by atomic mass is 35.5. The summed E-state index contributed by atoms with van der Waals surface area (Å²) < 4.78 is 13.7. The summed E-state index contributed by atoms with van der Waals surface area (Å²) in [6.45, 7) is 1.81. The molecule has 0 unspecified atom stereocenters. The van der Waals surface area contributed by atoms with Crippen molar-refractivity contribution in [3.05, 3.63) is 109 Å². The van der Waals surface area contributed by atoms with E-state index in [1.807, 2.05) is 17.5 Å². The highest BCUT2D eigenvalue weighted by molar-refractivity contribution is 7.10. The first-order valence-corrected chi connectivity index (χ1v) is 12.7. The lowest BCUT2D eigenvalue weighted by Gasteiger charge is -2.37. The van der Waals surface area contributed by atoms with E-state index in [-0.39, 0.29) is 11.7 Å². The molecule has 0 radical (unpaired) electrons. The number of carbonyl (C=O) groups is 2.